The van der Waals surface area contributed by atoms with Crippen molar-refractivity contribution >= 4 is 23.4 Å². The monoisotopic (exact) mass is 408 g/mol. The molecule has 1 saturated heterocycles. The molecule has 30 heavy (non-hydrogen) atoms. The molecular formula is C23H28N4O3. The Morgan fingerprint density at radius 2 is 1.67 bits per heavy atom. The van der Waals surface area contributed by atoms with Crippen molar-refractivity contribution in [2.24, 2.45) is 5.92 Å². The van der Waals surface area contributed by atoms with E-state index in [1.165, 1.54) is 4.90 Å². The predicted octanol–water partition coefficient (Wildman–Crippen LogP) is 3.22. The van der Waals surface area contributed by atoms with Gasteiger partial charge in [-0.1, -0.05) is 6.92 Å². The van der Waals surface area contributed by atoms with Crippen molar-refractivity contribution in [3.8, 4) is 0 Å². The molecule has 158 valence electrons. The summed E-state index contributed by atoms with van der Waals surface area (Å²) in [4.78, 5) is 44.9. The largest absolute Gasteiger partial charge is 0.343 e. The maximum absolute atomic E-state index is 12.6. The van der Waals surface area contributed by atoms with E-state index in [0.717, 1.165) is 25.9 Å². The van der Waals surface area contributed by atoms with E-state index in [0.29, 0.717) is 34.1 Å². The van der Waals surface area contributed by atoms with Crippen LogP contribution in [0.4, 0.5) is 5.69 Å². The van der Waals surface area contributed by atoms with Crippen molar-refractivity contribution in [1.82, 2.24) is 14.8 Å². The van der Waals surface area contributed by atoms with Crippen LogP contribution in [0.1, 0.15) is 56.7 Å². The van der Waals surface area contributed by atoms with E-state index in [9.17, 15) is 14.4 Å². The summed E-state index contributed by atoms with van der Waals surface area (Å²) in [5, 5.41) is 2.82. The Kier molecular flexibility index (Phi) is 6.50. The summed E-state index contributed by atoms with van der Waals surface area (Å²) in [6.07, 6.45) is 2.07. The molecule has 3 amide bonds. The summed E-state index contributed by atoms with van der Waals surface area (Å²) in [6.45, 7) is 5.49. The molecule has 0 atom stereocenters. The van der Waals surface area contributed by atoms with Crippen LogP contribution in [-0.2, 0) is 0 Å². The maximum Gasteiger partial charge on any atom is 0.271 e. The fourth-order valence-corrected chi connectivity index (χ4v) is 3.44. The highest BCUT2D eigenvalue weighted by Crippen LogP contribution is 2.19. The molecule has 7 heteroatoms. The number of anilines is 1. The standard InChI is InChI=1S/C23H28N4O3/c1-15-11-13-27(14-12-15)22(29)17-5-7-18(8-6-17)25-21(28)19-9-10-20(24-16(19)2)23(30)26(3)4/h5-10,15H,11-14H2,1-4H3,(H,25,28). The summed E-state index contributed by atoms with van der Waals surface area (Å²) in [7, 11) is 3.31. The topological polar surface area (TPSA) is 82.6 Å². The quantitative estimate of drug-likeness (QED) is 0.842. The number of nitrogens with zero attached hydrogens (tertiary/aromatic N) is 3. The normalized spacial score (nSPS) is 14.3. The third-order valence-electron chi connectivity index (χ3n) is 5.42. The number of amides is 3. The highest BCUT2D eigenvalue weighted by molar-refractivity contribution is 6.05. The first-order valence-corrected chi connectivity index (χ1v) is 10.2. The predicted molar refractivity (Wildman–Crippen MR) is 116 cm³/mol. The third-order valence-corrected chi connectivity index (χ3v) is 5.42. The van der Waals surface area contributed by atoms with Crippen molar-refractivity contribution in [3.05, 3.63) is 58.9 Å². The first-order valence-electron chi connectivity index (χ1n) is 10.2. The third kappa shape index (κ3) is 4.84. The van der Waals surface area contributed by atoms with Crippen molar-refractivity contribution in [1.29, 1.82) is 0 Å². The molecule has 1 fully saturated rings. The van der Waals surface area contributed by atoms with Gasteiger partial charge in [0.2, 0.25) is 0 Å². The van der Waals surface area contributed by atoms with Gasteiger partial charge in [0.1, 0.15) is 5.69 Å². The first kappa shape index (κ1) is 21.5. The number of benzene rings is 1. The Hall–Kier alpha value is -3.22. The van der Waals surface area contributed by atoms with E-state index in [1.54, 1.807) is 57.4 Å². The lowest BCUT2D eigenvalue weighted by molar-refractivity contribution is 0.0696. The number of rotatable bonds is 4. The SMILES string of the molecule is Cc1nc(C(=O)N(C)C)ccc1C(=O)Nc1ccc(C(=O)N2CCC(C)CC2)cc1. The van der Waals surface area contributed by atoms with Gasteiger partial charge in [-0.05, 0) is 62.1 Å². The molecule has 0 radical (unpaired) electrons. The average molecular weight is 409 g/mol. The summed E-state index contributed by atoms with van der Waals surface area (Å²) >= 11 is 0. The summed E-state index contributed by atoms with van der Waals surface area (Å²) in [6, 6.07) is 10.1. The minimum absolute atomic E-state index is 0.0287. The zero-order valence-corrected chi connectivity index (χ0v) is 17.9. The number of carbonyl (C=O) groups excluding carboxylic acids is 3. The number of nitrogens with one attached hydrogen (secondary N) is 1. The molecule has 0 bridgehead atoms. The molecule has 1 aromatic heterocycles. The molecule has 0 spiro atoms. The minimum Gasteiger partial charge on any atom is -0.343 e. The molecule has 0 aliphatic carbocycles. The minimum atomic E-state index is -0.312. The fraction of sp³-hybridized carbons (Fsp3) is 0.391. The van der Waals surface area contributed by atoms with E-state index in [1.807, 2.05) is 4.90 Å². The van der Waals surface area contributed by atoms with Crippen LogP contribution < -0.4 is 5.32 Å². The zero-order chi connectivity index (χ0) is 21.8. The molecule has 2 heterocycles. The molecule has 1 aliphatic heterocycles. The summed E-state index contributed by atoms with van der Waals surface area (Å²) in [5.41, 5.74) is 2.38. The van der Waals surface area contributed by atoms with Crippen LogP contribution in [0.3, 0.4) is 0 Å². The zero-order valence-electron chi connectivity index (χ0n) is 17.9. The Morgan fingerprint density at radius 1 is 1.03 bits per heavy atom. The Balaban J connectivity index is 1.66. The van der Waals surface area contributed by atoms with Gasteiger partial charge < -0.3 is 15.1 Å². The number of hydrogen-bond acceptors (Lipinski definition) is 4. The number of aromatic nitrogens is 1. The molecule has 2 aromatic rings. The van der Waals surface area contributed by atoms with Crippen LogP contribution >= 0.6 is 0 Å². The van der Waals surface area contributed by atoms with E-state index < -0.39 is 0 Å². The molecule has 1 aliphatic rings. The molecule has 1 aromatic carbocycles. The number of pyridine rings is 1. The van der Waals surface area contributed by atoms with Gasteiger partial charge in [-0.15, -0.1) is 0 Å². The number of hydrogen-bond donors (Lipinski definition) is 1. The molecular weight excluding hydrogens is 380 g/mol. The second kappa shape index (κ2) is 9.07. The van der Waals surface area contributed by atoms with Gasteiger partial charge in [-0.2, -0.15) is 0 Å². The Morgan fingerprint density at radius 3 is 2.23 bits per heavy atom. The van der Waals surface area contributed by atoms with Gasteiger partial charge in [0.25, 0.3) is 17.7 Å². The lowest BCUT2D eigenvalue weighted by atomic mass is 9.98. The Bertz CT molecular complexity index is 945. The average Bonchev–Trinajstić information content (AvgIpc) is 2.73. The molecule has 3 rings (SSSR count). The number of likely N-dealkylation sites (tertiary alicyclic amines) is 1. The van der Waals surface area contributed by atoms with Gasteiger partial charge in [0.15, 0.2) is 0 Å². The Labute approximate surface area is 177 Å². The van der Waals surface area contributed by atoms with Gasteiger partial charge in [-0.3, -0.25) is 14.4 Å². The second-order valence-corrected chi connectivity index (χ2v) is 8.04. The maximum atomic E-state index is 12.6. The second-order valence-electron chi connectivity index (χ2n) is 8.04. The van der Waals surface area contributed by atoms with Crippen LogP contribution in [0, 0.1) is 12.8 Å². The molecule has 0 saturated carbocycles. The highest BCUT2D eigenvalue weighted by atomic mass is 16.2. The van der Waals surface area contributed by atoms with Crippen molar-refractivity contribution in [2.75, 3.05) is 32.5 Å². The fourth-order valence-electron chi connectivity index (χ4n) is 3.44. The highest BCUT2D eigenvalue weighted by Gasteiger charge is 2.21. The first-order chi connectivity index (χ1) is 14.3. The van der Waals surface area contributed by atoms with Crippen LogP contribution in [0.25, 0.3) is 0 Å². The lowest BCUT2D eigenvalue weighted by Gasteiger charge is -2.30. The molecule has 0 unspecified atom stereocenters. The van der Waals surface area contributed by atoms with Crippen molar-refractivity contribution < 1.29 is 14.4 Å². The lowest BCUT2D eigenvalue weighted by Crippen LogP contribution is -2.37. The van der Waals surface area contributed by atoms with Crippen LogP contribution in [0.5, 0.6) is 0 Å². The van der Waals surface area contributed by atoms with E-state index in [2.05, 4.69) is 17.2 Å². The number of piperidine rings is 1. The number of aryl methyl sites for hydroxylation is 1. The van der Waals surface area contributed by atoms with Gasteiger partial charge in [0, 0.05) is 38.4 Å². The van der Waals surface area contributed by atoms with Gasteiger partial charge in [-0.25, -0.2) is 4.98 Å². The van der Waals surface area contributed by atoms with Crippen molar-refractivity contribution in [3.63, 3.8) is 0 Å². The van der Waals surface area contributed by atoms with Crippen LogP contribution in [0.2, 0.25) is 0 Å². The molecule has 7 nitrogen and oxygen atoms in total. The molecule has 1 N–H and O–H groups in total. The van der Waals surface area contributed by atoms with Gasteiger partial charge in [0.05, 0.1) is 11.3 Å². The van der Waals surface area contributed by atoms with Crippen LogP contribution in [-0.4, -0.2) is 59.7 Å². The van der Waals surface area contributed by atoms with E-state index in [4.69, 9.17) is 0 Å². The summed E-state index contributed by atoms with van der Waals surface area (Å²) < 4.78 is 0. The van der Waals surface area contributed by atoms with E-state index in [-0.39, 0.29) is 17.7 Å². The van der Waals surface area contributed by atoms with Crippen molar-refractivity contribution in [2.45, 2.75) is 26.7 Å². The van der Waals surface area contributed by atoms with Crippen LogP contribution in [0.15, 0.2) is 36.4 Å². The smallest absolute Gasteiger partial charge is 0.271 e. The van der Waals surface area contributed by atoms with Gasteiger partial charge >= 0.3 is 0 Å². The summed E-state index contributed by atoms with van der Waals surface area (Å²) in [5.74, 6) is 0.169. The van der Waals surface area contributed by atoms with E-state index >= 15 is 0 Å². The number of carbonyl (C=O) groups is 3.